The van der Waals surface area contributed by atoms with Crippen molar-refractivity contribution in [2.45, 2.75) is 6.42 Å². The monoisotopic (exact) mass is 290 g/mol. The molecule has 0 aliphatic heterocycles. The molecule has 6 heteroatoms. The van der Waals surface area contributed by atoms with Crippen molar-refractivity contribution in [1.29, 1.82) is 0 Å². The number of carbonyl (C=O) groups excluding carboxylic acids is 1. The maximum absolute atomic E-state index is 12.6. The lowest BCUT2D eigenvalue weighted by Gasteiger charge is -2.01. The highest BCUT2D eigenvalue weighted by Gasteiger charge is 2.06. The smallest absolute Gasteiger partial charge is 0.148 e. The molecule has 0 atom stereocenters. The fourth-order valence-corrected chi connectivity index (χ4v) is 3.43. The van der Waals surface area contributed by atoms with Gasteiger partial charge in [0.1, 0.15) is 21.4 Å². The van der Waals surface area contributed by atoms with Gasteiger partial charge in [-0.15, -0.1) is 0 Å². The molecule has 0 saturated heterocycles. The van der Waals surface area contributed by atoms with E-state index >= 15 is 0 Å². The molecule has 0 N–H and O–H groups in total. The first kappa shape index (κ1) is 15.2. The third-order valence-electron chi connectivity index (χ3n) is 2.18. The number of carbonyl (C=O) groups is 1. The van der Waals surface area contributed by atoms with Crippen molar-refractivity contribution in [2.24, 2.45) is 0 Å². The largest absolute Gasteiger partial charge is 0.298 e. The number of ketones is 1. The SMILES string of the molecule is CS(=O)(=O)CCSCC(=O)Cc1ccc(F)cc1. The van der Waals surface area contributed by atoms with Crippen LogP contribution >= 0.6 is 11.8 Å². The van der Waals surface area contributed by atoms with E-state index in [1.807, 2.05) is 0 Å². The molecule has 0 radical (unpaired) electrons. The zero-order valence-electron chi connectivity index (χ0n) is 10.1. The zero-order valence-corrected chi connectivity index (χ0v) is 11.7. The second-order valence-electron chi connectivity index (χ2n) is 4.02. The zero-order chi connectivity index (χ0) is 13.6. The van der Waals surface area contributed by atoms with Crippen LogP contribution in [0.4, 0.5) is 4.39 Å². The quantitative estimate of drug-likeness (QED) is 0.717. The summed E-state index contributed by atoms with van der Waals surface area (Å²) in [7, 11) is -2.96. The van der Waals surface area contributed by atoms with Crippen molar-refractivity contribution in [2.75, 3.05) is 23.5 Å². The van der Waals surface area contributed by atoms with Gasteiger partial charge in [0.25, 0.3) is 0 Å². The lowest BCUT2D eigenvalue weighted by Crippen LogP contribution is -2.10. The van der Waals surface area contributed by atoms with E-state index in [2.05, 4.69) is 0 Å². The molecule has 1 aromatic rings. The van der Waals surface area contributed by atoms with Crippen molar-refractivity contribution in [1.82, 2.24) is 0 Å². The minimum absolute atomic E-state index is 0.0140. The fourth-order valence-electron chi connectivity index (χ4n) is 1.28. The summed E-state index contributed by atoms with van der Waals surface area (Å²) in [5.74, 6) is 0.483. The van der Waals surface area contributed by atoms with Gasteiger partial charge in [-0.2, -0.15) is 11.8 Å². The topological polar surface area (TPSA) is 51.2 Å². The maximum Gasteiger partial charge on any atom is 0.148 e. The van der Waals surface area contributed by atoms with Crippen LogP contribution < -0.4 is 0 Å². The predicted molar refractivity (Wildman–Crippen MR) is 72.1 cm³/mol. The number of hydrogen-bond acceptors (Lipinski definition) is 4. The van der Waals surface area contributed by atoms with Gasteiger partial charge in [-0.25, -0.2) is 12.8 Å². The predicted octanol–water partition coefficient (Wildman–Crippen LogP) is 1.72. The van der Waals surface area contributed by atoms with Crippen LogP contribution in [-0.2, 0) is 21.1 Å². The van der Waals surface area contributed by atoms with E-state index in [-0.39, 0.29) is 29.5 Å². The van der Waals surface area contributed by atoms with Crippen molar-refractivity contribution in [3.05, 3.63) is 35.6 Å². The number of thioether (sulfide) groups is 1. The van der Waals surface area contributed by atoms with Crippen LogP contribution in [0.1, 0.15) is 5.56 Å². The lowest BCUT2D eigenvalue weighted by atomic mass is 10.1. The molecule has 0 fully saturated rings. The molecule has 1 rings (SSSR count). The molecule has 0 unspecified atom stereocenters. The summed E-state index contributed by atoms with van der Waals surface area (Å²) in [5.41, 5.74) is 0.769. The third kappa shape index (κ3) is 6.76. The Morgan fingerprint density at radius 3 is 2.44 bits per heavy atom. The Balaban J connectivity index is 2.28. The average molecular weight is 290 g/mol. The molecule has 0 spiro atoms. The Hall–Kier alpha value is -0.880. The summed E-state index contributed by atoms with van der Waals surface area (Å²) in [6.07, 6.45) is 1.43. The molecule has 100 valence electrons. The van der Waals surface area contributed by atoms with Crippen LogP contribution in [0.3, 0.4) is 0 Å². The highest BCUT2D eigenvalue weighted by atomic mass is 32.2. The Bertz CT molecular complexity index is 495. The number of halogens is 1. The number of sulfone groups is 1. The van der Waals surface area contributed by atoms with Crippen molar-refractivity contribution >= 4 is 27.4 Å². The van der Waals surface area contributed by atoms with Crippen LogP contribution in [0, 0.1) is 5.82 Å². The maximum atomic E-state index is 12.6. The van der Waals surface area contributed by atoms with E-state index in [0.29, 0.717) is 5.75 Å². The highest BCUT2D eigenvalue weighted by molar-refractivity contribution is 8.01. The first-order valence-corrected chi connectivity index (χ1v) is 8.60. The summed E-state index contributed by atoms with van der Waals surface area (Å²) < 4.78 is 34.4. The van der Waals surface area contributed by atoms with Crippen molar-refractivity contribution < 1.29 is 17.6 Å². The Labute approximate surface area is 111 Å². The number of benzene rings is 1. The van der Waals surface area contributed by atoms with Crippen LogP contribution in [0.25, 0.3) is 0 Å². The molecular formula is C12H15FO3S2. The average Bonchev–Trinajstić information content (AvgIpc) is 2.26. The van der Waals surface area contributed by atoms with Crippen molar-refractivity contribution in [3.63, 3.8) is 0 Å². The Kier molecular flexibility index (Phi) is 5.81. The van der Waals surface area contributed by atoms with Gasteiger partial charge in [0.15, 0.2) is 0 Å². The van der Waals surface area contributed by atoms with Gasteiger partial charge in [0, 0.05) is 18.4 Å². The minimum atomic E-state index is -2.96. The molecule has 3 nitrogen and oxygen atoms in total. The highest BCUT2D eigenvalue weighted by Crippen LogP contribution is 2.07. The lowest BCUT2D eigenvalue weighted by molar-refractivity contribution is -0.116. The first-order chi connectivity index (χ1) is 8.37. The second kappa shape index (κ2) is 6.89. The van der Waals surface area contributed by atoms with Gasteiger partial charge < -0.3 is 0 Å². The van der Waals surface area contributed by atoms with Crippen LogP contribution in [0.15, 0.2) is 24.3 Å². The standard InChI is InChI=1S/C12H15FO3S2/c1-18(15,16)7-6-17-9-12(14)8-10-2-4-11(13)5-3-10/h2-5H,6-9H2,1H3. The Morgan fingerprint density at radius 1 is 1.28 bits per heavy atom. The van der Waals surface area contributed by atoms with E-state index < -0.39 is 9.84 Å². The summed E-state index contributed by atoms with van der Waals surface area (Å²) in [4.78, 5) is 11.6. The molecular weight excluding hydrogens is 275 g/mol. The molecule has 18 heavy (non-hydrogen) atoms. The minimum Gasteiger partial charge on any atom is -0.298 e. The van der Waals surface area contributed by atoms with Crippen LogP contribution in [-0.4, -0.2) is 37.7 Å². The molecule has 0 heterocycles. The summed E-state index contributed by atoms with van der Waals surface area (Å²) in [6.45, 7) is 0. The van der Waals surface area contributed by atoms with E-state index in [0.717, 1.165) is 5.56 Å². The molecule has 0 aromatic heterocycles. The van der Waals surface area contributed by atoms with Gasteiger partial charge in [0.05, 0.1) is 11.5 Å². The van der Waals surface area contributed by atoms with E-state index in [1.54, 1.807) is 12.1 Å². The molecule has 0 saturated carbocycles. The fraction of sp³-hybridized carbons (Fsp3) is 0.417. The molecule has 1 aromatic carbocycles. The van der Waals surface area contributed by atoms with Crippen LogP contribution in [0.2, 0.25) is 0 Å². The van der Waals surface area contributed by atoms with E-state index in [4.69, 9.17) is 0 Å². The number of Topliss-reactive ketones (excluding diaryl/α,β-unsaturated/α-hetero) is 1. The van der Waals surface area contributed by atoms with Gasteiger partial charge in [0.2, 0.25) is 0 Å². The van der Waals surface area contributed by atoms with Gasteiger partial charge >= 0.3 is 0 Å². The number of rotatable bonds is 7. The van der Waals surface area contributed by atoms with Gasteiger partial charge in [-0.3, -0.25) is 4.79 Å². The summed E-state index contributed by atoms with van der Waals surface area (Å²) in [5, 5.41) is 0. The molecule has 0 aliphatic rings. The third-order valence-corrected chi connectivity index (χ3v) is 4.40. The van der Waals surface area contributed by atoms with E-state index in [1.165, 1.54) is 30.2 Å². The molecule has 0 amide bonds. The van der Waals surface area contributed by atoms with Gasteiger partial charge in [-0.1, -0.05) is 12.1 Å². The summed E-state index contributed by atoms with van der Waals surface area (Å²) in [6, 6.07) is 5.79. The van der Waals surface area contributed by atoms with Crippen LogP contribution in [0.5, 0.6) is 0 Å². The van der Waals surface area contributed by atoms with Gasteiger partial charge in [-0.05, 0) is 17.7 Å². The van der Waals surface area contributed by atoms with E-state index in [9.17, 15) is 17.6 Å². The van der Waals surface area contributed by atoms with Crippen molar-refractivity contribution in [3.8, 4) is 0 Å². The first-order valence-electron chi connectivity index (χ1n) is 5.38. The molecule has 0 bridgehead atoms. The summed E-state index contributed by atoms with van der Waals surface area (Å²) >= 11 is 1.31. The number of hydrogen-bond donors (Lipinski definition) is 0. The second-order valence-corrected chi connectivity index (χ2v) is 7.39. The molecule has 0 aliphatic carbocycles. The Morgan fingerprint density at radius 2 is 1.89 bits per heavy atom. The normalized spacial score (nSPS) is 11.4.